The Balaban J connectivity index is 2.08. The molecule has 0 spiro atoms. The van der Waals surface area contributed by atoms with E-state index >= 15 is 0 Å². The Morgan fingerprint density at radius 3 is 2.94 bits per heavy atom. The van der Waals surface area contributed by atoms with Crippen molar-refractivity contribution < 1.29 is 8.78 Å². The van der Waals surface area contributed by atoms with Gasteiger partial charge in [-0.05, 0) is 19.0 Å². The molecule has 2 heterocycles. The molecule has 7 heteroatoms. The van der Waals surface area contributed by atoms with Crippen LogP contribution in [0.25, 0.3) is 0 Å². The van der Waals surface area contributed by atoms with E-state index < -0.39 is 12.0 Å². The van der Waals surface area contributed by atoms with Gasteiger partial charge in [-0.15, -0.1) is 0 Å². The average Bonchev–Trinajstić information content (AvgIpc) is 2.33. The van der Waals surface area contributed by atoms with Gasteiger partial charge in [0.15, 0.2) is 0 Å². The van der Waals surface area contributed by atoms with Crippen molar-refractivity contribution in [2.45, 2.75) is 18.4 Å². The standard InChI is InChI=1S/C11H15F2N5/c1-14-18-9-4-8(5-16-6-9)17-10-2-3-15-7-11(10,12)13/h4-6,10,15,17-18H,1-3,7H2. The molecule has 0 aromatic carbocycles. The van der Waals surface area contributed by atoms with E-state index in [0.29, 0.717) is 24.3 Å². The maximum Gasteiger partial charge on any atom is 0.279 e. The van der Waals surface area contributed by atoms with Gasteiger partial charge in [0.05, 0.1) is 36.4 Å². The van der Waals surface area contributed by atoms with Crippen molar-refractivity contribution in [2.24, 2.45) is 5.10 Å². The maximum absolute atomic E-state index is 13.6. The molecule has 1 aromatic rings. The topological polar surface area (TPSA) is 61.3 Å². The minimum atomic E-state index is -2.77. The van der Waals surface area contributed by atoms with Gasteiger partial charge in [0, 0.05) is 6.72 Å². The number of rotatable bonds is 4. The Morgan fingerprint density at radius 2 is 2.22 bits per heavy atom. The Hall–Kier alpha value is -1.76. The molecule has 18 heavy (non-hydrogen) atoms. The first-order chi connectivity index (χ1) is 8.62. The lowest BCUT2D eigenvalue weighted by molar-refractivity contribution is -0.0321. The van der Waals surface area contributed by atoms with E-state index in [1.165, 1.54) is 6.20 Å². The van der Waals surface area contributed by atoms with Crippen molar-refractivity contribution in [1.29, 1.82) is 0 Å². The number of pyridine rings is 1. The molecule has 5 nitrogen and oxygen atoms in total. The van der Waals surface area contributed by atoms with E-state index in [1.807, 2.05) is 0 Å². The van der Waals surface area contributed by atoms with Crippen LogP contribution in [-0.2, 0) is 0 Å². The van der Waals surface area contributed by atoms with Crippen LogP contribution in [0.2, 0.25) is 0 Å². The van der Waals surface area contributed by atoms with Crippen molar-refractivity contribution in [3.8, 4) is 0 Å². The van der Waals surface area contributed by atoms with Crippen LogP contribution < -0.4 is 16.1 Å². The molecule has 1 aromatic heterocycles. The molecule has 0 aliphatic carbocycles. The number of hydrogen-bond acceptors (Lipinski definition) is 5. The summed E-state index contributed by atoms with van der Waals surface area (Å²) in [7, 11) is 0. The molecule has 0 bridgehead atoms. The molecule has 1 fully saturated rings. The smallest absolute Gasteiger partial charge is 0.279 e. The Morgan fingerprint density at radius 1 is 1.44 bits per heavy atom. The second kappa shape index (κ2) is 5.26. The maximum atomic E-state index is 13.6. The van der Waals surface area contributed by atoms with Crippen LogP contribution >= 0.6 is 0 Å². The lowest BCUT2D eigenvalue weighted by Crippen LogP contribution is -2.52. The molecule has 2 rings (SSSR count). The van der Waals surface area contributed by atoms with Crippen molar-refractivity contribution in [3.05, 3.63) is 18.5 Å². The summed E-state index contributed by atoms with van der Waals surface area (Å²) >= 11 is 0. The Labute approximate surface area is 104 Å². The second-order valence-electron chi connectivity index (χ2n) is 4.16. The number of piperidine rings is 1. The first-order valence-corrected chi connectivity index (χ1v) is 5.64. The van der Waals surface area contributed by atoms with Crippen LogP contribution in [0.15, 0.2) is 23.6 Å². The molecular formula is C11H15F2N5. The summed E-state index contributed by atoms with van der Waals surface area (Å²) in [5, 5.41) is 8.99. The van der Waals surface area contributed by atoms with Gasteiger partial charge in [-0.3, -0.25) is 10.4 Å². The van der Waals surface area contributed by atoms with Crippen molar-refractivity contribution in [2.75, 3.05) is 23.8 Å². The molecule has 1 unspecified atom stereocenters. The molecule has 1 aliphatic heterocycles. The highest BCUT2D eigenvalue weighted by Crippen LogP contribution is 2.26. The molecular weight excluding hydrogens is 240 g/mol. The first kappa shape index (κ1) is 12.7. The van der Waals surface area contributed by atoms with Crippen molar-refractivity contribution >= 4 is 18.1 Å². The van der Waals surface area contributed by atoms with Crippen LogP contribution in [-0.4, -0.2) is 36.8 Å². The number of nitrogens with one attached hydrogen (secondary N) is 3. The lowest BCUT2D eigenvalue weighted by Gasteiger charge is -2.33. The third-order valence-corrected chi connectivity index (χ3v) is 2.77. The molecule has 1 saturated heterocycles. The Kier molecular flexibility index (Phi) is 3.71. The third kappa shape index (κ3) is 2.92. The van der Waals surface area contributed by atoms with Gasteiger partial charge < -0.3 is 10.6 Å². The minimum absolute atomic E-state index is 0.301. The largest absolute Gasteiger partial charge is 0.375 e. The van der Waals surface area contributed by atoms with Gasteiger partial charge in [0.2, 0.25) is 0 Å². The minimum Gasteiger partial charge on any atom is -0.375 e. The summed E-state index contributed by atoms with van der Waals surface area (Å²) in [6.45, 7) is 3.56. The quantitative estimate of drug-likeness (QED) is 0.564. The van der Waals surface area contributed by atoms with E-state index in [-0.39, 0.29) is 6.54 Å². The SMILES string of the molecule is C=NNc1cncc(NC2CCNCC2(F)F)c1. The number of anilines is 2. The summed E-state index contributed by atoms with van der Waals surface area (Å²) in [6, 6.07) is 0.785. The van der Waals surface area contributed by atoms with E-state index in [2.05, 4.69) is 32.9 Å². The molecule has 1 aliphatic rings. The molecule has 0 saturated carbocycles. The normalized spacial score (nSPS) is 22.2. The molecule has 98 valence electrons. The number of alkyl halides is 2. The van der Waals surface area contributed by atoms with E-state index in [0.717, 1.165) is 0 Å². The van der Waals surface area contributed by atoms with Gasteiger partial charge in [-0.2, -0.15) is 5.10 Å². The second-order valence-corrected chi connectivity index (χ2v) is 4.16. The lowest BCUT2D eigenvalue weighted by atomic mass is 10.0. The highest BCUT2D eigenvalue weighted by molar-refractivity contribution is 5.55. The number of hydrazone groups is 1. The molecule has 3 N–H and O–H groups in total. The van der Waals surface area contributed by atoms with E-state index in [1.54, 1.807) is 12.3 Å². The third-order valence-electron chi connectivity index (χ3n) is 2.77. The van der Waals surface area contributed by atoms with Crippen LogP contribution in [0.4, 0.5) is 20.2 Å². The van der Waals surface area contributed by atoms with Gasteiger partial charge in [-0.25, -0.2) is 8.78 Å². The highest BCUT2D eigenvalue weighted by Gasteiger charge is 2.41. The van der Waals surface area contributed by atoms with E-state index in [4.69, 9.17) is 0 Å². The average molecular weight is 255 g/mol. The fourth-order valence-electron chi connectivity index (χ4n) is 1.89. The fourth-order valence-corrected chi connectivity index (χ4v) is 1.89. The van der Waals surface area contributed by atoms with Gasteiger partial charge in [-0.1, -0.05) is 0 Å². The van der Waals surface area contributed by atoms with Crippen LogP contribution in [0.3, 0.4) is 0 Å². The Bertz CT molecular complexity index is 424. The molecule has 1 atom stereocenters. The summed E-state index contributed by atoms with van der Waals surface area (Å²) in [5.74, 6) is -2.77. The van der Waals surface area contributed by atoms with Gasteiger partial charge >= 0.3 is 0 Å². The zero-order valence-corrected chi connectivity index (χ0v) is 9.79. The molecule has 0 amide bonds. The van der Waals surface area contributed by atoms with Crippen LogP contribution in [0.5, 0.6) is 0 Å². The molecule has 0 radical (unpaired) electrons. The van der Waals surface area contributed by atoms with Gasteiger partial charge in [0.1, 0.15) is 0 Å². The summed E-state index contributed by atoms with van der Waals surface area (Å²) in [6.07, 6.45) is 3.41. The van der Waals surface area contributed by atoms with Crippen LogP contribution in [0, 0.1) is 0 Å². The number of nitrogens with zero attached hydrogens (tertiary/aromatic N) is 2. The van der Waals surface area contributed by atoms with Crippen molar-refractivity contribution in [1.82, 2.24) is 10.3 Å². The number of hydrogen-bond donors (Lipinski definition) is 3. The summed E-state index contributed by atoms with van der Waals surface area (Å²) < 4.78 is 27.2. The predicted octanol–water partition coefficient (Wildman–Crippen LogP) is 1.52. The fraction of sp³-hybridized carbons (Fsp3) is 0.455. The first-order valence-electron chi connectivity index (χ1n) is 5.64. The zero-order chi connectivity index (χ0) is 13.0. The van der Waals surface area contributed by atoms with Gasteiger partial charge in [0.25, 0.3) is 5.92 Å². The monoisotopic (exact) mass is 255 g/mol. The number of halogens is 2. The number of aromatic nitrogens is 1. The zero-order valence-electron chi connectivity index (χ0n) is 9.79. The predicted molar refractivity (Wildman–Crippen MR) is 67.3 cm³/mol. The summed E-state index contributed by atoms with van der Waals surface area (Å²) in [5.41, 5.74) is 3.76. The highest BCUT2D eigenvalue weighted by atomic mass is 19.3. The van der Waals surface area contributed by atoms with E-state index in [9.17, 15) is 8.78 Å². The van der Waals surface area contributed by atoms with Crippen molar-refractivity contribution in [3.63, 3.8) is 0 Å². The summed E-state index contributed by atoms with van der Waals surface area (Å²) in [4.78, 5) is 3.94. The van der Waals surface area contributed by atoms with Crippen LogP contribution in [0.1, 0.15) is 6.42 Å².